The number of aromatic nitrogens is 3. The highest BCUT2D eigenvalue weighted by molar-refractivity contribution is 5.97. The molecule has 2 fully saturated rings. The van der Waals surface area contributed by atoms with Crippen molar-refractivity contribution in [2.75, 3.05) is 39.3 Å². The van der Waals surface area contributed by atoms with E-state index in [0.717, 1.165) is 49.2 Å². The average molecular weight is 399 g/mol. The Labute approximate surface area is 171 Å². The van der Waals surface area contributed by atoms with Crippen molar-refractivity contribution in [1.29, 1.82) is 0 Å². The Morgan fingerprint density at radius 3 is 2.62 bits per heavy atom. The number of hydrogen-bond donors (Lipinski definition) is 0. The molecule has 8 heteroatoms. The highest BCUT2D eigenvalue weighted by Crippen LogP contribution is 2.19. The number of piperazine rings is 1. The predicted molar refractivity (Wildman–Crippen MR) is 111 cm³/mol. The van der Waals surface area contributed by atoms with Crippen molar-refractivity contribution in [3.63, 3.8) is 0 Å². The van der Waals surface area contributed by atoms with Gasteiger partial charge in [-0.15, -0.1) is 0 Å². The Hall–Kier alpha value is -2.48. The largest absolute Gasteiger partial charge is 0.339 e. The number of carbonyl (C=O) groups is 2. The van der Waals surface area contributed by atoms with Crippen molar-refractivity contribution in [3.05, 3.63) is 23.5 Å². The van der Waals surface area contributed by atoms with Crippen LogP contribution in [0.4, 0.5) is 0 Å². The Morgan fingerprint density at radius 2 is 1.90 bits per heavy atom. The molecule has 156 valence electrons. The fourth-order valence-electron chi connectivity index (χ4n) is 4.47. The lowest BCUT2D eigenvalue weighted by atomic mass is 10.0. The zero-order valence-corrected chi connectivity index (χ0v) is 17.6. The summed E-state index contributed by atoms with van der Waals surface area (Å²) in [6, 6.07) is 2.23. The summed E-state index contributed by atoms with van der Waals surface area (Å²) in [6.07, 6.45) is 5.06. The minimum atomic E-state index is -0.00159. The molecule has 0 aromatic carbocycles. The molecule has 0 spiro atoms. The lowest BCUT2D eigenvalue weighted by molar-refractivity contribution is -0.136. The molecule has 4 heterocycles. The second-order valence-corrected chi connectivity index (χ2v) is 8.30. The lowest BCUT2D eigenvalue weighted by Crippen LogP contribution is -2.53. The van der Waals surface area contributed by atoms with E-state index in [1.54, 1.807) is 10.9 Å². The molecule has 0 radical (unpaired) electrons. The van der Waals surface area contributed by atoms with E-state index in [-0.39, 0.29) is 11.8 Å². The van der Waals surface area contributed by atoms with Gasteiger partial charge in [-0.05, 0) is 39.2 Å². The van der Waals surface area contributed by atoms with E-state index in [0.29, 0.717) is 31.2 Å². The minimum absolute atomic E-state index is 0.00159. The number of nitrogens with zero attached hydrogens (tertiary/aromatic N) is 6. The van der Waals surface area contributed by atoms with Gasteiger partial charge < -0.3 is 9.80 Å². The number of aryl methyl sites for hydroxylation is 2. The minimum Gasteiger partial charge on any atom is -0.339 e. The first-order chi connectivity index (χ1) is 13.9. The Kier molecular flexibility index (Phi) is 5.54. The standard InChI is InChI=1S/C21H30N6O2/c1-15-6-4-5-7-27(15)19(28)14-25-8-10-26(11-9-25)21(29)17-12-18-16(2)23-24(3)20(18)22-13-17/h12-13,15H,4-11,14H2,1-3H3/t15-/m0/s1. The van der Waals surface area contributed by atoms with Crippen LogP contribution in [-0.2, 0) is 11.8 Å². The molecule has 0 unspecified atom stereocenters. The highest BCUT2D eigenvalue weighted by atomic mass is 16.2. The van der Waals surface area contributed by atoms with Crippen molar-refractivity contribution >= 4 is 22.8 Å². The summed E-state index contributed by atoms with van der Waals surface area (Å²) >= 11 is 0. The van der Waals surface area contributed by atoms with Gasteiger partial charge >= 0.3 is 0 Å². The first kappa shape index (κ1) is 19.8. The SMILES string of the molecule is Cc1nn(C)c2ncc(C(=O)N3CCN(CC(=O)N4CCCC[C@@H]4C)CC3)cc12. The summed E-state index contributed by atoms with van der Waals surface area (Å²) in [6.45, 7) is 8.11. The topological polar surface area (TPSA) is 74.6 Å². The monoisotopic (exact) mass is 398 g/mol. The van der Waals surface area contributed by atoms with E-state index in [1.165, 1.54) is 6.42 Å². The number of rotatable bonds is 3. The molecular formula is C21H30N6O2. The molecule has 2 saturated heterocycles. The normalized spacial score (nSPS) is 21.0. The van der Waals surface area contributed by atoms with E-state index < -0.39 is 0 Å². The molecule has 2 aromatic heterocycles. The number of likely N-dealkylation sites (tertiary alicyclic amines) is 1. The summed E-state index contributed by atoms with van der Waals surface area (Å²) in [5.41, 5.74) is 2.26. The number of fused-ring (bicyclic) bond motifs is 1. The summed E-state index contributed by atoms with van der Waals surface area (Å²) in [7, 11) is 1.86. The number of pyridine rings is 1. The summed E-state index contributed by atoms with van der Waals surface area (Å²) in [4.78, 5) is 36.1. The van der Waals surface area contributed by atoms with Crippen molar-refractivity contribution < 1.29 is 9.59 Å². The van der Waals surface area contributed by atoms with Gasteiger partial charge in [0.15, 0.2) is 5.65 Å². The third kappa shape index (κ3) is 3.99. The van der Waals surface area contributed by atoms with Gasteiger partial charge in [-0.2, -0.15) is 5.10 Å². The van der Waals surface area contributed by atoms with E-state index in [2.05, 4.69) is 21.9 Å². The maximum atomic E-state index is 12.9. The maximum absolute atomic E-state index is 12.9. The quantitative estimate of drug-likeness (QED) is 0.782. The van der Waals surface area contributed by atoms with Crippen LogP contribution in [-0.4, -0.2) is 86.6 Å². The maximum Gasteiger partial charge on any atom is 0.255 e. The van der Waals surface area contributed by atoms with Crippen LogP contribution in [0.1, 0.15) is 42.2 Å². The van der Waals surface area contributed by atoms with Gasteiger partial charge in [-0.3, -0.25) is 19.2 Å². The van der Waals surface area contributed by atoms with Gasteiger partial charge in [0.05, 0.1) is 17.8 Å². The van der Waals surface area contributed by atoms with Crippen LogP contribution in [0, 0.1) is 6.92 Å². The Bertz CT molecular complexity index is 915. The van der Waals surface area contributed by atoms with Crippen LogP contribution in [0.3, 0.4) is 0 Å². The molecule has 29 heavy (non-hydrogen) atoms. The fraction of sp³-hybridized carbons (Fsp3) is 0.619. The number of piperidine rings is 1. The van der Waals surface area contributed by atoms with E-state index >= 15 is 0 Å². The fourth-order valence-corrected chi connectivity index (χ4v) is 4.47. The zero-order chi connectivity index (χ0) is 20.5. The van der Waals surface area contributed by atoms with Crippen LogP contribution in [0.25, 0.3) is 11.0 Å². The summed E-state index contributed by atoms with van der Waals surface area (Å²) in [5.74, 6) is 0.219. The zero-order valence-electron chi connectivity index (χ0n) is 17.6. The van der Waals surface area contributed by atoms with Crippen molar-refractivity contribution in [3.8, 4) is 0 Å². The summed E-state index contributed by atoms with van der Waals surface area (Å²) in [5, 5.41) is 5.29. The first-order valence-corrected chi connectivity index (χ1v) is 10.5. The summed E-state index contributed by atoms with van der Waals surface area (Å²) < 4.78 is 1.73. The van der Waals surface area contributed by atoms with E-state index in [9.17, 15) is 9.59 Å². The van der Waals surface area contributed by atoms with Crippen molar-refractivity contribution in [2.45, 2.75) is 39.2 Å². The van der Waals surface area contributed by atoms with Gasteiger partial charge in [-0.1, -0.05) is 0 Å². The predicted octanol–water partition coefficient (Wildman–Crippen LogP) is 1.44. The number of amides is 2. The van der Waals surface area contributed by atoms with E-state index in [4.69, 9.17) is 0 Å². The molecule has 0 aliphatic carbocycles. The molecule has 8 nitrogen and oxygen atoms in total. The van der Waals surface area contributed by atoms with Crippen LogP contribution >= 0.6 is 0 Å². The molecule has 4 rings (SSSR count). The second kappa shape index (κ2) is 8.10. The molecule has 2 aromatic rings. The molecule has 2 amide bonds. The molecular weight excluding hydrogens is 368 g/mol. The highest BCUT2D eigenvalue weighted by Gasteiger charge is 2.28. The van der Waals surface area contributed by atoms with E-state index in [1.807, 2.05) is 29.8 Å². The number of hydrogen-bond acceptors (Lipinski definition) is 5. The number of carbonyl (C=O) groups excluding carboxylic acids is 2. The smallest absolute Gasteiger partial charge is 0.255 e. The van der Waals surface area contributed by atoms with Crippen LogP contribution < -0.4 is 0 Å². The molecule has 2 aliphatic rings. The van der Waals surface area contributed by atoms with Crippen LogP contribution in [0.2, 0.25) is 0 Å². The van der Waals surface area contributed by atoms with Gasteiger partial charge in [-0.25, -0.2) is 4.98 Å². The third-order valence-electron chi connectivity index (χ3n) is 6.25. The van der Waals surface area contributed by atoms with Gasteiger partial charge in [0.2, 0.25) is 5.91 Å². The van der Waals surface area contributed by atoms with Crippen LogP contribution in [0.15, 0.2) is 12.3 Å². The third-order valence-corrected chi connectivity index (χ3v) is 6.25. The van der Waals surface area contributed by atoms with Crippen molar-refractivity contribution in [2.24, 2.45) is 7.05 Å². The second-order valence-electron chi connectivity index (χ2n) is 8.30. The Morgan fingerprint density at radius 1 is 1.14 bits per heavy atom. The average Bonchev–Trinajstić information content (AvgIpc) is 3.01. The van der Waals surface area contributed by atoms with Gasteiger partial charge in [0.1, 0.15) is 0 Å². The van der Waals surface area contributed by atoms with Crippen LogP contribution in [0.5, 0.6) is 0 Å². The molecule has 0 bridgehead atoms. The molecule has 0 N–H and O–H groups in total. The van der Waals surface area contributed by atoms with Crippen molar-refractivity contribution in [1.82, 2.24) is 29.5 Å². The molecule has 2 aliphatic heterocycles. The van der Waals surface area contributed by atoms with Gasteiger partial charge in [0.25, 0.3) is 5.91 Å². The Balaban J connectivity index is 1.35. The molecule has 1 atom stereocenters. The lowest BCUT2D eigenvalue weighted by Gasteiger charge is -2.38. The molecule has 0 saturated carbocycles. The first-order valence-electron chi connectivity index (χ1n) is 10.5. The van der Waals surface area contributed by atoms with Gasteiger partial charge in [0, 0.05) is 57.4 Å².